The molecule has 3 fully saturated rings. The number of amides is 1. The predicted octanol–water partition coefficient (Wildman–Crippen LogP) is 2.22. The summed E-state index contributed by atoms with van der Waals surface area (Å²) < 4.78 is 19.9. The van der Waals surface area contributed by atoms with Crippen LogP contribution in [0.25, 0.3) is 0 Å². The van der Waals surface area contributed by atoms with E-state index >= 15 is 0 Å². The lowest BCUT2D eigenvalue weighted by Crippen LogP contribution is -2.53. The van der Waals surface area contributed by atoms with Crippen LogP contribution in [0, 0.1) is 17.7 Å². The van der Waals surface area contributed by atoms with Gasteiger partial charge in [0.2, 0.25) is 5.91 Å². The summed E-state index contributed by atoms with van der Waals surface area (Å²) in [5.41, 5.74) is 0.712. The van der Waals surface area contributed by atoms with Gasteiger partial charge in [-0.2, -0.15) is 0 Å². The van der Waals surface area contributed by atoms with Crippen molar-refractivity contribution in [2.75, 3.05) is 32.8 Å². The molecule has 3 aliphatic heterocycles. The summed E-state index contributed by atoms with van der Waals surface area (Å²) >= 11 is 0. The van der Waals surface area contributed by atoms with E-state index < -0.39 is 0 Å². The van der Waals surface area contributed by atoms with Crippen LogP contribution in [0.4, 0.5) is 4.39 Å². The Hall–Kier alpha value is -1.50. The van der Waals surface area contributed by atoms with Crippen molar-refractivity contribution >= 4 is 5.91 Å². The zero-order valence-electron chi connectivity index (χ0n) is 14.4. The van der Waals surface area contributed by atoms with Crippen LogP contribution < -0.4 is 0 Å². The number of nitrogens with zero attached hydrogens (tertiary/aromatic N) is 2. The lowest BCUT2D eigenvalue weighted by molar-refractivity contribution is -0.185. The molecule has 0 aliphatic carbocycles. The first-order valence-electron chi connectivity index (χ1n) is 9.24. The molecular formula is C19H25FN2O3. The number of likely N-dealkylation sites (tertiary alicyclic amines) is 1. The Morgan fingerprint density at radius 2 is 2.08 bits per heavy atom. The maximum Gasteiger partial charge on any atom is 0.249 e. The van der Waals surface area contributed by atoms with E-state index in [1.807, 2.05) is 12.1 Å². The lowest BCUT2D eigenvalue weighted by atomic mass is 9.78. The molecule has 0 radical (unpaired) electrons. The van der Waals surface area contributed by atoms with Crippen molar-refractivity contribution < 1.29 is 18.8 Å². The summed E-state index contributed by atoms with van der Waals surface area (Å²) in [6.07, 6.45) is 2.67. The van der Waals surface area contributed by atoms with Gasteiger partial charge in [-0.25, -0.2) is 9.45 Å². The number of rotatable bonds is 3. The van der Waals surface area contributed by atoms with Crippen molar-refractivity contribution in [2.24, 2.45) is 11.8 Å². The first-order chi connectivity index (χ1) is 12.2. The molecule has 0 saturated carbocycles. The number of fused-ring (bicyclic) bond motifs is 1. The fourth-order valence-corrected chi connectivity index (χ4v) is 4.31. The number of hydrogen-bond acceptors (Lipinski definition) is 4. The highest BCUT2D eigenvalue weighted by Gasteiger charge is 2.43. The van der Waals surface area contributed by atoms with Crippen molar-refractivity contribution in [1.29, 1.82) is 0 Å². The SMILES string of the molecule is O=C([C@H]1CCO[C@H]2CCN(Cc3ccccc3F)C[C@@H]21)N1CCCO1. The van der Waals surface area contributed by atoms with E-state index in [1.54, 1.807) is 11.1 Å². The molecule has 4 rings (SSSR count). The highest BCUT2D eigenvalue weighted by Crippen LogP contribution is 2.35. The molecule has 3 aliphatic rings. The normalized spacial score (nSPS) is 30.3. The molecule has 136 valence electrons. The van der Waals surface area contributed by atoms with Crippen molar-refractivity contribution in [2.45, 2.75) is 31.9 Å². The number of ether oxygens (including phenoxy) is 1. The highest BCUT2D eigenvalue weighted by atomic mass is 19.1. The molecule has 3 atom stereocenters. The molecule has 1 aromatic rings. The van der Waals surface area contributed by atoms with Gasteiger partial charge >= 0.3 is 0 Å². The molecule has 6 heteroatoms. The zero-order valence-corrected chi connectivity index (χ0v) is 14.4. The largest absolute Gasteiger partial charge is 0.378 e. The molecule has 1 aromatic carbocycles. The molecule has 3 saturated heterocycles. The second kappa shape index (κ2) is 7.40. The fourth-order valence-electron chi connectivity index (χ4n) is 4.31. The van der Waals surface area contributed by atoms with Gasteiger partial charge in [-0.1, -0.05) is 18.2 Å². The van der Waals surface area contributed by atoms with Crippen molar-refractivity contribution in [3.63, 3.8) is 0 Å². The minimum absolute atomic E-state index is 0.0553. The van der Waals surface area contributed by atoms with Crippen LogP contribution in [-0.2, 0) is 20.9 Å². The smallest absolute Gasteiger partial charge is 0.249 e. The minimum atomic E-state index is -0.164. The van der Waals surface area contributed by atoms with E-state index in [-0.39, 0.29) is 29.7 Å². The summed E-state index contributed by atoms with van der Waals surface area (Å²) in [5.74, 6) is 0.0393. The molecule has 0 spiro atoms. The first-order valence-corrected chi connectivity index (χ1v) is 9.24. The molecule has 3 heterocycles. The Morgan fingerprint density at radius 3 is 2.88 bits per heavy atom. The van der Waals surface area contributed by atoms with Crippen LogP contribution in [0.5, 0.6) is 0 Å². The summed E-state index contributed by atoms with van der Waals surface area (Å²) in [6, 6.07) is 6.92. The summed E-state index contributed by atoms with van der Waals surface area (Å²) in [5, 5.41) is 1.54. The van der Waals surface area contributed by atoms with Crippen LogP contribution in [0.1, 0.15) is 24.8 Å². The Balaban J connectivity index is 1.45. The number of halogens is 1. The van der Waals surface area contributed by atoms with E-state index in [4.69, 9.17) is 9.57 Å². The van der Waals surface area contributed by atoms with Gasteiger partial charge in [0.25, 0.3) is 0 Å². The van der Waals surface area contributed by atoms with Crippen molar-refractivity contribution in [3.05, 3.63) is 35.6 Å². The van der Waals surface area contributed by atoms with Crippen LogP contribution in [0.3, 0.4) is 0 Å². The van der Waals surface area contributed by atoms with Gasteiger partial charge in [0.05, 0.1) is 19.3 Å². The van der Waals surface area contributed by atoms with E-state index in [2.05, 4.69) is 4.90 Å². The maximum absolute atomic E-state index is 14.0. The van der Waals surface area contributed by atoms with E-state index in [9.17, 15) is 9.18 Å². The number of carbonyl (C=O) groups excluding carboxylic acids is 1. The van der Waals surface area contributed by atoms with Crippen LogP contribution >= 0.6 is 0 Å². The van der Waals surface area contributed by atoms with Crippen LogP contribution in [0.15, 0.2) is 24.3 Å². The number of hydrogen-bond donors (Lipinski definition) is 0. The standard InChI is InChI=1S/C19H25FN2O3/c20-17-5-2-1-4-14(17)12-21-9-6-18-16(13-21)15(7-11-24-18)19(23)22-8-3-10-25-22/h1-2,4-5,15-16,18H,3,6-13H2/t15-,16+,18-/m0/s1. The third-order valence-corrected chi connectivity index (χ3v) is 5.62. The van der Waals surface area contributed by atoms with Gasteiger partial charge in [-0.15, -0.1) is 0 Å². The summed E-state index contributed by atoms with van der Waals surface area (Å²) in [6.45, 7) is 4.17. The molecule has 1 amide bonds. The predicted molar refractivity (Wildman–Crippen MR) is 89.9 cm³/mol. The van der Waals surface area contributed by atoms with Gasteiger partial charge in [0, 0.05) is 43.6 Å². The van der Waals surface area contributed by atoms with Gasteiger partial charge in [0.1, 0.15) is 5.82 Å². The van der Waals surface area contributed by atoms with Crippen molar-refractivity contribution in [1.82, 2.24) is 9.96 Å². The average Bonchev–Trinajstić information content (AvgIpc) is 3.17. The average molecular weight is 348 g/mol. The van der Waals surface area contributed by atoms with E-state index in [1.165, 1.54) is 6.07 Å². The monoisotopic (exact) mass is 348 g/mol. The number of hydroxylamine groups is 2. The Labute approximate surface area is 147 Å². The summed E-state index contributed by atoms with van der Waals surface area (Å²) in [4.78, 5) is 20.6. The second-order valence-electron chi connectivity index (χ2n) is 7.21. The fraction of sp³-hybridized carbons (Fsp3) is 0.632. The number of benzene rings is 1. The van der Waals surface area contributed by atoms with Gasteiger partial charge in [0.15, 0.2) is 0 Å². The molecule has 0 unspecified atom stereocenters. The van der Waals surface area contributed by atoms with Crippen LogP contribution in [0.2, 0.25) is 0 Å². The highest BCUT2D eigenvalue weighted by molar-refractivity contribution is 5.78. The molecule has 5 nitrogen and oxygen atoms in total. The van der Waals surface area contributed by atoms with Crippen molar-refractivity contribution in [3.8, 4) is 0 Å². The third-order valence-electron chi connectivity index (χ3n) is 5.62. The quantitative estimate of drug-likeness (QED) is 0.840. The Bertz CT molecular complexity index is 620. The molecular weight excluding hydrogens is 323 g/mol. The molecule has 25 heavy (non-hydrogen) atoms. The molecule has 0 bridgehead atoms. The molecule has 0 N–H and O–H groups in total. The first kappa shape index (κ1) is 16.9. The van der Waals surface area contributed by atoms with Crippen LogP contribution in [-0.4, -0.2) is 54.8 Å². The van der Waals surface area contributed by atoms with E-state index in [0.29, 0.717) is 31.9 Å². The maximum atomic E-state index is 14.0. The number of piperidine rings is 1. The summed E-state index contributed by atoms with van der Waals surface area (Å²) in [7, 11) is 0. The molecule has 0 aromatic heterocycles. The Morgan fingerprint density at radius 1 is 1.20 bits per heavy atom. The minimum Gasteiger partial charge on any atom is -0.378 e. The Kier molecular flexibility index (Phi) is 5.01. The van der Waals surface area contributed by atoms with Gasteiger partial charge in [-0.05, 0) is 25.3 Å². The van der Waals surface area contributed by atoms with E-state index in [0.717, 1.165) is 32.4 Å². The third kappa shape index (κ3) is 3.57. The van der Waals surface area contributed by atoms with Gasteiger partial charge in [-0.3, -0.25) is 14.5 Å². The number of carbonyl (C=O) groups is 1. The van der Waals surface area contributed by atoms with Gasteiger partial charge < -0.3 is 4.74 Å². The topological polar surface area (TPSA) is 42.0 Å². The zero-order chi connectivity index (χ0) is 17.2. The second-order valence-corrected chi connectivity index (χ2v) is 7.21. The lowest BCUT2D eigenvalue weighted by Gasteiger charge is -2.45.